The summed E-state index contributed by atoms with van der Waals surface area (Å²) in [6.07, 6.45) is -1.20. The predicted octanol–water partition coefficient (Wildman–Crippen LogP) is 1.14. The SMILES string of the molecule is CC(Oc1ccc(S(=O)(=O)Cl)c(F)c1F)C(N)=O. The maximum absolute atomic E-state index is 13.4. The van der Waals surface area contributed by atoms with Gasteiger partial charge < -0.3 is 10.5 Å². The Hall–Kier alpha value is -1.41. The smallest absolute Gasteiger partial charge is 0.264 e. The second kappa shape index (κ2) is 5.07. The molecule has 0 fully saturated rings. The molecule has 1 atom stereocenters. The van der Waals surface area contributed by atoms with Gasteiger partial charge in [0.25, 0.3) is 15.0 Å². The lowest BCUT2D eigenvalue weighted by atomic mass is 10.3. The quantitative estimate of drug-likeness (QED) is 0.845. The molecule has 0 heterocycles. The van der Waals surface area contributed by atoms with Gasteiger partial charge in [-0.1, -0.05) is 0 Å². The molecule has 100 valence electrons. The van der Waals surface area contributed by atoms with E-state index in [1.54, 1.807) is 0 Å². The Morgan fingerprint density at radius 3 is 2.39 bits per heavy atom. The molecule has 0 saturated heterocycles. The fourth-order valence-electron chi connectivity index (χ4n) is 1.04. The number of rotatable bonds is 4. The van der Waals surface area contributed by atoms with E-state index in [0.29, 0.717) is 0 Å². The monoisotopic (exact) mass is 299 g/mol. The van der Waals surface area contributed by atoms with Crippen LogP contribution in [0.1, 0.15) is 6.92 Å². The van der Waals surface area contributed by atoms with E-state index in [1.807, 2.05) is 0 Å². The first-order valence-electron chi connectivity index (χ1n) is 4.53. The summed E-state index contributed by atoms with van der Waals surface area (Å²) in [7, 11) is 0.487. The molecule has 0 spiro atoms. The molecule has 9 heteroatoms. The maximum Gasteiger partial charge on any atom is 0.264 e. The summed E-state index contributed by atoms with van der Waals surface area (Å²) in [6, 6.07) is 1.57. The highest BCUT2D eigenvalue weighted by Gasteiger charge is 2.24. The molecule has 1 rings (SSSR count). The van der Waals surface area contributed by atoms with Gasteiger partial charge in [0.2, 0.25) is 5.82 Å². The molecule has 1 unspecified atom stereocenters. The first-order chi connectivity index (χ1) is 8.14. The van der Waals surface area contributed by atoms with E-state index in [1.165, 1.54) is 6.92 Å². The van der Waals surface area contributed by atoms with Gasteiger partial charge in [0.15, 0.2) is 17.7 Å². The predicted molar refractivity (Wildman–Crippen MR) is 58.7 cm³/mol. The summed E-state index contributed by atoms with van der Waals surface area (Å²) < 4.78 is 53.3. The first-order valence-corrected chi connectivity index (χ1v) is 6.84. The third-order valence-corrected chi connectivity index (χ3v) is 3.32. The minimum Gasteiger partial charge on any atom is -0.478 e. The van der Waals surface area contributed by atoms with Crippen molar-refractivity contribution in [1.82, 2.24) is 0 Å². The van der Waals surface area contributed by atoms with Gasteiger partial charge in [-0.2, -0.15) is 4.39 Å². The fraction of sp³-hybridized carbons (Fsp3) is 0.222. The number of halogens is 3. The number of primary amides is 1. The van der Waals surface area contributed by atoms with Crippen LogP contribution in [0.25, 0.3) is 0 Å². The van der Waals surface area contributed by atoms with Crippen LogP contribution in [-0.2, 0) is 13.8 Å². The zero-order chi connectivity index (χ0) is 14.1. The zero-order valence-corrected chi connectivity index (χ0v) is 10.6. The molecule has 0 aromatic heterocycles. The van der Waals surface area contributed by atoms with Gasteiger partial charge in [0.05, 0.1) is 0 Å². The molecule has 0 aliphatic rings. The Kier molecular flexibility index (Phi) is 4.12. The number of amides is 1. The molecule has 0 saturated carbocycles. The van der Waals surface area contributed by atoms with Gasteiger partial charge in [0.1, 0.15) is 4.90 Å². The highest BCUT2D eigenvalue weighted by atomic mass is 35.7. The molecular formula is C9H8ClF2NO4S. The van der Waals surface area contributed by atoms with E-state index in [9.17, 15) is 22.0 Å². The summed E-state index contributed by atoms with van der Waals surface area (Å²) in [5, 5.41) is 0. The average molecular weight is 300 g/mol. The normalized spacial score (nSPS) is 13.1. The summed E-state index contributed by atoms with van der Waals surface area (Å²) in [6.45, 7) is 1.23. The van der Waals surface area contributed by atoms with Crippen molar-refractivity contribution >= 4 is 25.6 Å². The second-order valence-electron chi connectivity index (χ2n) is 3.29. The van der Waals surface area contributed by atoms with Crippen LogP contribution in [0.3, 0.4) is 0 Å². The standard InChI is InChI=1S/C9H8ClF2NO4S/c1-4(9(13)14)17-5-2-3-6(18(10,15)16)8(12)7(5)11/h2-4H,1H3,(H2,13,14). The number of hydrogen-bond acceptors (Lipinski definition) is 4. The van der Waals surface area contributed by atoms with E-state index in [0.717, 1.165) is 12.1 Å². The molecule has 1 aromatic rings. The average Bonchev–Trinajstić information content (AvgIpc) is 2.22. The number of nitrogens with two attached hydrogens (primary N) is 1. The van der Waals surface area contributed by atoms with Crippen LogP contribution in [-0.4, -0.2) is 20.4 Å². The summed E-state index contributed by atoms with van der Waals surface area (Å²) in [4.78, 5) is 9.68. The number of ether oxygens (including phenoxy) is 1. The summed E-state index contributed by atoms with van der Waals surface area (Å²) in [5.41, 5.74) is 4.87. The van der Waals surface area contributed by atoms with E-state index in [2.05, 4.69) is 0 Å². The highest BCUT2D eigenvalue weighted by molar-refractivity contribution is 8.13. The van der Waals surface area contributed by atoms with Crippen LogP contribution in [0.15, 0.2) is 17.0 Å². The molecule has 1 aromatic carbocycles. The summed E-state index contributed by atoms with van der Waals surface area (Å²) >= 11 is 0. The lowest BCUT2D eigenvalue weighted by molar-refractivity contribution is -0.124. The van der Waals surface area contributed by atoms with Crippen molar-refractivity contribution in [3.05, 3.63) is 23.8 Å². The van der Waals surface area contributed by atoms with E-state index >= 15 is 0 Å². The van der Waals surface area contributed by atoms with Crippen LogP contribution < -0.4 is 10.5 Å². The van der Waals surface area contributed by atoms with Gasteiger partial charge in [0, 0.05) is 10.7 Å². The van der Waals surface area contributed by atoms with Crippen LogP contribution in [0.5, 0.6) is 5.75 Å². The number of carbonyl (C=O) groups excluding carboxylic acids is 1. The molecule has 0 bridgehead atoms. The van der Waals surface area contributed by atoms with Crippen molar-refractivity contribution in [2.75, 3.05) is 0 Å². The van der Waals surface area contributed by atoms with Crippen LogP contribution >= 0.6 is 10.7 Å². The molecule has 5 nitrogen and oxygen atoms in total. The minimum absolute atomic E-state index is 0.636. The Bertz CT molecular complexity index is 590. The fourth-order valence-corrected chi connectivity index (χ4v) is 1.93. The third kappa shape index (κ3) is 3.08. The molecule has 0 aliphatic heterocycles. The Balaban J connectivity index is 3.21. The zero-order valence-electron chi connectivity index (χ0n) is 8.98. The third-order valence-electron chi connectivity index (χ3n) is 1.98. The van der Waals surface area contributed by atoms with E-state index in [-0.39, 0.29) is 0 Å². The van der Waals surface area contributed by atoms with Crippen LogP contribution in [0.2, 0.25) is 0 Å². The van der Waals surface area contributed by atoms with Crippen molar-refractivity contribution in [1.29, 1.82) is 0 Å². The van der Waals surface area contributed by atoms with Gasteiger partial charge in [-0.05, 0) is 19.1 Å². The molecule has 0 aliphatic carbocycles. The Morgan fingerprint density at radius 2 is 1.94 bits per heavy atom. The Labute approximate surface area is 106 Å². The van der Waals surface area contributed by atoms with Crippen molar-refractivity contribution < 1.29 is 26.7 Å². The number of benzene rings is 1. The number of carbonyl (C=O) groups is 1. The van der Waals surface area contributed by atoms with E-state index < -0.39 is 43.3 Å². The lowest BCUT2D eigenvalue weighted by Crippen LogP contribution is -2.31. The van der Waals surface area contributed by atoms with Crippen molar-refractivity contribution in [3.63, 3.8) is 0 Å². The first kappa shape index (κ1) is 14.7. The minimum atomic E-state index is -4.41. The van der Waals surface area contributed by atoms with Gasteiger partial charge >= 0.3 is 0 Å². The van der Waals surface area contributed by atoms with Gasteiger partial charge in [-0.15, -0.1) is 0 Å². The maximum atomic E-state index is 13.4. The van der Waals surface area contributed by atoms with Crippen LogP contribution in [0, 0.1) is 11.6 Å². The topological polar surface area (TPSA) is 86.5 Å². The van der Waals surface area contributed by atoms with Crippen molar-refractivity contribution in [2.24, 2.45) is 5.73 Å². The lowest BCUT2D eigenvalue weighted by Gasteiger charge is -2.12. The second-order valence-corrected chi connectivity index (χ2v) is 5.82. The largest absolute Gasteiger partial charge is 0.478 e. The molecule has 18 heavy (non-hydrogen) atoms. The molecular weight excluding hydrogens is 292 g/mol. The Morgan fingerprint density at radius 1 is 1.39 bits per heavy atom. The molecule has 1 amide bonds. The van der Waals surface area contributed by atoms with Gasteiger partial charge in [-0.3, -0.25) is 4.79 Å². The molecule has 0 radical (unpaired) electrons. The highest BCUT2D eigenvalue weighted by Crippen LogP contribution is 2.28. The van der Waals surface area contributed by atoms with Crippen molar-refractivity contribution in [3.8, 4) is 5.75 Å². The molecule has 2 N–H and O–H groups in total. The van der Waals surface area contributed by atoms with Crippen molar-refractivity contribution in [2.45, 2.75) is 17.9 Å². The number of hydrogen-bond donors (Lipinski definition) is 1. The van der Waals surface area contributed by atoms with Gasteiger partial charge in [-0.25, -0.2) is 12.8 Å². The van der Waals surface area contributed by atoms with Crippen LogP contribution in [0.4, 0.5) is 8.78 Å². The van der Waals surface area contributed by atoms with E-state index in [4.69, 9.17) is 21.2 Å². The summed E-state index contributed by atoms with van der Waals surface area (Å²) in [5.74, 6) is -4.77.